The van der Waals surface area contributed by atoms with Gasteiger partial charge in [0, 0.05) is 23.2 Å². The van der Waals surface area contributed by atoms with Crippen molar-refractivity contribution < 1.29 is 14.4 Å². The van der Waals surface area contributed by atoms with Crippen LogP contribution in [0.4, 0.5) is 10.5 Å². The Morgan fingerprint density at radius 3 is 2.52 bits per heavy atom. The van der Waals surface area contributed by atoms with E-state index in [1.807, 2.05) is 38.1 Å². The molecule has 140 valence electrons. The van der Waals surface area contributed by atoms with Crippen LogP contribution in [-0.2, 0) is 6.54 Å². The number of rotatable bonds is 5. The highest BCUT2D eigenvalue weighted by molar-refractivity contribution is 9.10. The van der Waals surface area contributed by atoms with Crippen molar-refractivity contribution in [2.45, 2.75) is 20.4 Å². The maximum Gasteiger partial charge on any atom is 0.319 e. The van der Waals surface area contributed by atoms with E-state index in [1.54, 1.807) is 18.2 Å². The third-order valence-electron chi connectivity index (χ3n) is 4.12. The maximum atomic E-state index is 12.5. The van der Waals surface area contributed by atoms with Gasteiger partial charge in [-0.1, -0.05) is 41.9 Å². The van der Waals surface area contributed by atoms with Gasteiger partial charge in [-0.15, -0.1) is 0 Å². The Hall–Kier alpha value is -2.67. The minimum atomic E-state index is -0.384. The molecule has 7 heteroatoms. The second-order valence-electron chi connectivity index (χ2n) is 6.81. The van der Waals surface area contributed by atoms with E-state index in [4.69, 9.17) is 0 Å². The van der Waals surface area contributed by atoms with Crippen molar-refractivity contribution in [3.8, 4) is 0 Å². The van der Waals surface area contributed by atoms with E-state index < -0.39 is 0 Å². The van der Waals surface area contributed by atoms with E-state index in [0.29, 0.717) is 29.9 Å². The number of anilines is 1. The van der Waals surface area contributed by atoms with E-state index in [1.165, 1.54) is 4.90 Å². The number of amides is 4. The lowest BCUT2D eigenvalue weighted by molar-refractivity contribution is 0.0636. The molecule has 27 heavy (non-hydrogen) atoms. The van der Waals surface area contributed by atoms with Gasteiger partial charge in [-0.2, -0.15) is 0 Å². The van der Waals surface area contributed by atoms with Crippen LogP contribution >= 0.6 is 15.9 Å². The molecule has 0 fully saturated rings. The topological polar surface area (TPSA) is 78.5 Å². The van der Waals surface area contributed by atoms with E-state index in [-0.39, 0.29) is 23.8 Å². The molecule has 4 amide bonds. The number of carbonyl (C=O) groups excluding carboxylic acids is 3. The smallest absolute Gasteiger partial charge is 0.319 e. The van der Waals surface area contributed by atoms with Crippen molar-refractivity contribution in [2.75, 3.05) is 11.9 Å². The molecule has 2 aromatic carbocycles. The van der Waals surface area contributed by atoms with Crippen molar-refractivity contribution >= 4 is 39.5 Å². The SMILES string of the molecule is CC(C)CN1C(=O)c2ccc(NC(=O)NCc3cccc(Br)c3)cc2C1=O. The number of halogens is 1. The maximum absolute atomic E-state index is 12.5. The summed E-state index contributed by atoms with van der Waals surface area (Å²) < 4.78 is 0.940. The van der Waals surface area contributed by atoms with Gasteiger partial charge in [-0.3, -0.25) is 14.5 Å². The van der Waals surface area contributed by atoms with E-state index in [9.17, 15) is 14.4 Å². The summed E-state index contributed by atoms with van der Waals surface area (Å²) in [6.07, 6.45) is 0. The highest BCUT2D eigenvalue weighted by atomic mass is 79.9. The molecule has 0 saturated carbocycles. The third-order valence-corrected chi connectivity index (χ3v) is 4.61. The van der Waals surface area contributed by atoms with Crippen molar-refractivity contribution in [2.24, 2.45) is 5.92 Å². The van der Waals surface area contributed by atoms with Crippen LogP contribution in [0.2, 0.25) is 0 Å². The monoisotopic (exact) mass is 429 g/mol. The van der Waals surface area contributed by atoms with Crippen molar-refractivity contribution in [3.63, 3.8) is 0 Å². The average Bonchev–Trinajstić information content (AvgIpc) is 2.84. The van der Waals surface area contributed by atoms with Gasteiger partial charge >= 0.3 is 6.03 Å². The van der Waals surface area contributed by atoms with E-state index in [0.717, 1.165) is 10.0 Å². The predicted molar refractivity (Wildman–Crippen MR) is 107 cm³/mol. The van der Waals surface area contributed by atoms with Gasteiger partial charge in [0.1, 0.15) is 0 Å². The molecule has 0 spiro atoms. The molecule has 1 aliphatic rings. The van der Waals surface area contributed by atoms with Crippen LogP contribution in [0.3, 0.4) is 0 Å². The molecule has 2 N–H and O–H groups in total. The zero-order valence-corrected chi connectivity index (χ0v) is 16.7. The summed E-state index contributed by atoms with van der Waals surface area (Å²) in [5.74, 6) is -0.412. The number of fused-ring (bicyclic) bond motifs is 1. The summed E-state index contributed by atoms with van der Waals surface area (Å²) in [6.45, 7) is 4.65. The largest absolute Gasteiger partial charge is 0.334 e. The normalized spacial score (nSPS) is 13.1. The minimum Gasteiger partial charge on any atom is -0.334 e. The first kappa shape index (κ1) is 19.1. The predicted octanol–water partition coefficient (Wildman–Crippen LogP) is 4.02. The second-order valence-corrected chi connectivity index (χ2v) is 7.73. The zero-order chi connectivity index (χ0) is 19.6. The fraction of sp³-hybridized carbons (Fsp3) is 0.250. The minimum absolute atomic E-state index is 0.189. The number of urea groups is 1. The van der Waals surface area contributed by atoms with Gasteiger partial charge in [-0.25, -0.2) is 4.79 Å². The van der Waals surface area contributed by atoms with E-state index >= 15 is 0 Å². The first-order valence-electron chi connectivity index (χ1n) is 8.64. The van der Waals surface area contributed by atoms with Crippen molar-refractivity contribution in [1.29, 1.82) is 0 Å². The Balaban J connectivity index is 1.66. The molecule has 3 rings (SSSR count). The first-order chi connectivity index (χ1) is 12.8. The zero-order valence-electron chi connectivity index (χ0n) is 15.1. The Morgan fingerprint density at radius 1 is 1.07 bits per heavy atom. The number of carbonyl (C=O) groups is 3. The molecule has 0 bridgehead atoms. The molecule has 0 saturated heterocycles. The molecule has 0 unspecified atom stereocenters. The number of benzene rings is 2. The molecular formula is C20H20BrN3O3. The van der Waals surface area contributed by atoms with Crippen LogP contribution < -0.4 is 10.6 Å². The molecule has 2 aromatic rings. The van der Waals surface area contributed by atoms with Gasteiger partial charge < -0.3 is 10.6 Å². The fourth-order valence-corrected chi connectivity index (χ4v) is 3.35. The molecule has 1 heterocycles. The fourth-order valence-electron chi connectivity index (χ4n) is 2.90. The summed E-state index contributed by atoms with van der Waals surface area (Å²) in [5, 5.41) is 5.47. The van der Waals surface area contributed by atoms with Crippen molar-refractivity contribution in [3.05, 3.63) is 63.6 Å². The van der Waals surface area contributed by atoms with Crippen LogP contribution in [0.15, 0.2) is 46.9 Å². The van der Waals surface area contributed by atoms with Gasteiger partial charge in [-0.05, 0) is 41.8 Å². The quantitative estimate of drug-likeness (QED) is 0.704. The number of hydrogen-bond acceptors (Lipinski definition) is 3. The molecule has 0 atom stereocenters. The summed E-state index contributed by atoms with van der Waals surface area (Å²) >= 11 is 3.39. The summed E-state index contributed by atoms with van der Waals surface area (Å²) in [7, 11) is 0. The van der Waals surface area contributed by atoms with Gasteiger partial charge in [0.05, 0.1) is 11.1 Å². The van der Waals surface area contributed by atoms with Crippen LogP contribution in [0.5, 0.6) is 0 Å². The van der Waals surface area contributed by atoms with Crippen LogP contribution in [0.25, 0.3) is 0 Å². The summed E-state index contributed by atoms with van der Waals surface area (Å²) in [5.41, 5.74) is 2.12. The van der Waals surface area contributed by atoms with E-state index in [2.05, 4.69) is 26.6 Å². The third kappa shape index (κ3) is 4.36. The number of imide groups is 1. The average molecular weight is 430 g/mol. The molecule has 0 aromatic heterocycles. The molecular weight excluding hydrogens is 410 g/mol. The Morgan fingerprint density at radius 2 is 1.81 bits per heavy atom. The summed E-state index contributed by atoms with van der Waals surface area (Å²) in [4.78, 5) is 38.2. The lowest BCUT2D eigenvalue weighted by Crippen LogP contribution is -2.33. The lowest BCUT2D eigenvalue weighted by atomic mass is 10.1. The standard InChI is InChI=1S/C20H20BrN3O3/c1-12(2)11-24-18(25)16-7-6-15(9-17(16)19(24)26)23-20(27)22-10-13-4-3-5-14(21)8-13/h3-9,12H,10-11H2,1-2H3,(H2,22,23,27). The van der Waals surface area contributed by atoms with Crippen LogP contribution in [-0.4, -0.2) is 29.3 Å². The molecule has 1 aliphatic heterocycles. The van der Waals surface area contributed by atoms with Crippen molar-refractivity contribution in [1.82, 2.24) is 10.2 Å². The lowest BCUT2D eigenvalue weighted by Gasteiger charge is -2.15. The first-order valence-corrected chi connectivity index (χ1v) is 9.44. The highest BCUT2D eigenvalue weighted by Crippen LogP contribution is 2.26. The molecule has 6 nitrogen and oxygen atoms in total. The molecule has 0 aliphatic carbocycles. The Bertz CT molecular complexity index is 911. The Kier molecular flexibility index (Phi) is 5.60. The van der Waals surface area contributed by atoms with Gasteiger partial charge in [0.15, 0.2) is 0 Å². The van der Waals surface area contributed by atoms with Crippen LogP contribution in [0.1, 0.15) is 40.1 Å². The van der Waals surface area contributed by atoms with Gasteiger partial charge in [0.25, 0.3) is 11.8 Å². The summed E-state index contributed by atoms with van der Waals surface area (Å²) in [6, 6.07) is 12.0. The number of nitrogens with one attached hydrogen (secondary N) is 2. The van der Waals surface area contributed by atoms with Gasteiger partial charge in [0.2, 0.25) is 0 Å². The number of nitrogens with zero attached hydrogens (tertiary/aromatic N) is 1. The van der Waals surface area contributed by atoms with Crippen LogP contribution in [0, 0.1) is 5.92 Å². The number of hydrogen-bond donors (Lipinski definition) is 2. The second kappa shape index (κ2) is 7.92. The highest BCUT2D eigenvalue weighted by Gasteiger charge is 2.35. The molecule has 0 radical (unpaired) electrons. The Labute approximate surface area is 166 Å².